The van der Waals surface area contributed by atoms with Gasteiger partial charge in [-0.3, -0.25) is 9.13 Å². The molecule has 2 nitrogen and oxygen atoms in total. The lowest BCUT2D eigenvalue weighted by atomic mass is 9.73. The van der Waals surface area contributed by atoms with E-state index < -0.39 is 0 Å². The van der Waals surface area contributed by atoms with Gasteiger partial charge in [0, 0.05) is 5.41 Å². The highest BCUT2D eigenvalue weighted by Crippen LogP contribution is 2.44. The first-order valence-electron chi connectivity index (χ1n) is 11.4. The van der Waals surface area contributed by atoms with Crippen molar-refractivity contribution in [2.24, 2.45) is 0 Å². The molecular weight excluding hydrogens is 388 g/mol. The maximum absolute atomic E-state index is 3.70. The van der Waals surface area contributed by atoms with Gasteiger partial charge in [-0.15, -0.1) is 0 Å². The monoisotopic (exact) mass is 416 g/mol. The van der Waals surface area contributed by atoms with Crippen LogP contribution in [0.5, 0.6) is 0 Å². The molecular formula is C30H28N2. The third-order valence-electron chi connectivity index (χ3n) is 7.12. The molecule has 0 amide bonds. The summed E-state index contributed by atoms with van der Waals surface area (Å²) in [5, 5.41) is 2.61. The predicted octanol–water partition coefficient (Wildman–Crippen LogP) is 6.80. The number of imidazole rings is 1. The fourth-order valence-corrected chi connectivity index (χ4v) is 5.37. The number of benzene rings is 4. The molecule has 32 heavy (non-hydrogen) atoms. The first kappa shape index (κ1) is 19.3. The highest BCUT2D eigenvalue weighted by molar-refractivity contribution is 5.92. The van der Waals surface area contributed by atoms with Gasteiger partial charge in [-0.1, -0.05) is 95.3 Å². The minimum absolute atomic E-state index is 0.105. The molecule has 1 aromatic heterocycles. The minimum Gasteiger partial charge on any atom is -0.292 e. The molecule has 0 saturated heterocycles. The fraction of sp³-hybridized carbons (Fsp3) is 0.233. The average molecular weight is 417 g/mol. The van der Waals surface area contributed by atoms with Gasteiger partial charge in [-0.25, -0.2) is 0 Å². The molecule has 2 heteroatoms. The van der Waals surface area contributed by atoms with Gasteiger partial charge in [0.1, 0.15) is 0 Å². The molecule has 0 atom stereocenters. The Balaban J connectivity index is 1.66. The number of aromatic nitrogens is 2. The SMILES string of the molecule is CC(C)(C)c1ccc(-n2[c-][n+]3c4c(cccc42)C(C)(C)c2c-3ccc3ccccc23)cc1. The van der Waals surface area contributed by atoms with Crippen LogP contribution in [0.25, 0.3) is 33.2 Å². The molecule has 0 saturated carbocycles. The second-order valence-electron chi connectivity index (χ2n) is 10.5. The molecule has 0 spiro atoms. The Hall–Kier alpha value is -3.39. The van der Waals surface area contributed by atoms with Crippen LogP contribution in [0.2, 0.25) is 0 Å². The van der Waals surface area contributed by atoms with Crippen LogP contribution < -0.4 is 4.57 Å². The third kappa shape index (κ3) is 2.56. The van der Waals surface area contributed by atoms with E-state index in [9.17, 15) is 0 Å². The first-order chi connectivity index (χ1) is 15.3. The lowest BCUT2D eigenvalue weighted by molar-refractivity contribution is -0.575. The van der Waals surface area contributed by atoms with Gasteiger partial charge >= 0.3 is 0 Å². The Kier molecular flexibility index (Phi) is 3.81. The summed E-state index contributed by atoms with van der Waals surface area (Å²) in [5.74, 6) is 0. The number of fused-ring (bicyclic) bond motifs is 4. The van der Waals surface area contributed by atoms with Crippen LogP contribution in [0.4, 0.5) is 0 Å². The first-order valence-corrected chi connectivity index (χ1v) is 11.4. The highest BCUT2D eigenvalue weighted by Gasteiger charge is 2.35. The summed E-state index contributed by atoms with van der Waals surface area (Å²) < 4.78 is 4.49. The van der Waals surface area contributed by atoms with Gasteiger partial charge in [-0.05, 0) is 51.1 Å². The maximum Gasteiger partial charge on any atom is 0.269 e. The summed E-state index contributed by atoms with van der Waals surface area (Å²) in [7, 11) is 0. The molecule has 6 rings (SSSR count). The summed E-state index contributed by atoms with van der Waals surface area (Å²) in [6.45, 7) is 11.5. The zero-order chi connectivity index (χ0) is 22.3. The van der Waals surface area contributed by atoms with E-state index in [-0.39, 0.29) is 10.8 Å². The van der Waals surface area contributed by atoms with E-state index >= 15 is 0 Å². The van der Waals surface area contributed by atoms with Crippen LogP contribution in [0, 0.1) is 6.33 Å². The molecule has 0 unspecified atom stereocenters. The number of rotatable bonds is 1. The van der Waals surface area contributed by atoms with Crippen LogP contribution in [0.15, 0.2) is 78.9 Å². The number of hydrogen-bond acceptors (Lipinski definition) is 0. The zero-order valence-corrected chi connectivity index (χ0v) is 19.4. The number of para-hydroxylation sites is 1. The molecule has 1 aliphatic rings. The van der Waals surface area contributed by atoms with E-state index in [1.165, 1.54) is 44.2 Å². The molecule has 0 fully saturated rings. The number of nitrogens with zero attached hydrogens (tertiary/aromatic N) is 2. The van der Waals surface area contributed by atoms with E-state index in [0.29, 0.717) is 0 Å². The molecule has 0 radical (unpaired) electrons. The Bertz CT molecular complexity index is 1510. The highest BCUT2D eigenvalue weighted by atomic mass is 15.1. The van der Waals surface area contributed by atoms with Crippen molar-refractivity contribution in [1.82, 2.24) is 4.57 Å². The average Bonchev–Trinajstić information content (AvgIpc) is 3.17. The second kappa shape index (κ2) is 6.32. The van der Waals surface area contributed by atoms with Gasteiger partial charge in [-0.2, -0.15) is 0 Å². The van der Waals surface area contributed by atoms with E-state index in [2.05, 4.69) is 129 Å². The van der Waals surface area contributed by atoms with E-state index in [1.54, 1.807) is 0 Å². The molecule has 0 aliphatic carbocycles. The van der Waals surface area contributed by atoms with Crippen molar-refractivity contribution in [1.29, 1.82) is 0 Å². The summed E-state index contributed by atoms with van der Waals surface area (Å²) in [4.78, 5) is 0. The van der Waals surface area contributed by atoms with E-state index in [0.717, 1.165) is 5.69 Å². The summed E-state index contributed by atoms with van der Waals surface area (Å²) in [6.07, 6.45) is 3.70. The van der Waals surface area contributed by atoms with Crippen molar-refractivity contribution in [3.8, 4) is 11.4 Å². The summed E-state index contributed by atoms with van der Waals surface area (Å²) in [6, 6.07) is 28.8. The Morgan fingerprint density at radius 3 is 2.31 bits per heavy atom. The predicted molar refractivity (Wildman–Crippen MR) is 132 cm³/mol. The summed E-state index contributed by atoms with van der Waals surface area (Å²) in [5.41, 5.74) is 8.90. The molecule has 2 heterocycles. The van der Waals surface area contributed by atoms with Crippen molar-refractivity contribution < 1.29 is 4.57 Å². The van der Waals surface area contributed by atoms with Crippen LogP contribution in [0.1, 0.15) is 51.3 Å². The van der Waals surface area contributed by atoms with Gasteiger partial charge in [0.15, 0.2) is 0 Å². The molecule has 158 valence electrons. The summed E-state index contributed by atoms with van der Waals surface area (Å²) >= 11 is 0. The van der Waals surface area contributed by atoms with Crippen molar-refractivity contribution >= 4 is 21.8 Å². The smallest absolute Gasteiger partial charge is 0.269 e. The molecule has 5 aromatic rings. The van der Waals surface area contributed by atoms with E-state index in [1.807, 2.05) is 0 Å². The lowest BCUT2D eigenvalue weighted by Gasteiger charge is -2.35. The minimum atomic E-state index is -0.105. The largest absolute Gasteiger partial charge is 0.292 e. The van der Waals surface area contributed by atoms with Gasteiger partial charge < -0.3 is 0 Å². The third-order valence-corrected chi connectivity index (χ3v) is 7.12. The van der Waals surface area contributed by atoms with Crippen molar-refractivity contribution in [3.63, 3.8) is 0 Å². The Morgan fingerprint density at radius 2 is 1.56 bits per heavy atom. The van der Waals surface area contributed by atoms with E-state index in [4.69, 9.17) is 0 Å². The van der Waals surface area contributed by atoms with Crippen LogP contribution in [0.3, 0.4) is 0 Å². The van der Waals surface area contributed by atoms with Crippen LogP contribution in [-0.2, 0) is 10.8 Å². The zero-order valence-electron chi connectivity index (χ0n) is 19.4. The second-order valence-corrected chi connectivity index (χ2v) is 10.5. The number of hydrogen-bond donors (Lipinski definition) is 0. The fourth-order valence-electron chi connectivity index (χ4n) is 5.37. The molecule has 0 N–H and O–H groups in total. The van der Waals surface area contributed by atoms with Gasteiger partial charge in [0.05, 0.1) is 22.4 Å². The molecule has 1 aliphatic heterocycles. The van der Waals surface area contributed by atoms with Crippen molar-refractivity contribution in [2.75, 3.05) is 0 Å². The van der Waals surface area contributed by atoms with Crippen LogP contribution in [-0.4, -0.2) is 4.57 Å². The maximum atomic E-state index is 3.70. The standard InChI is InChI=1S/C30H28N2/c1-29(2,3)21-14-16-22(17-15-21)31-19-32-25-18-13-20-9-6-7-10-23(20)27(25)30(4,5)24-11-8-12-26(31)28(24)32/h6-18H,1-5H3. The molecule has 4 aromatic carbocycles. The van der Waals surface area contributed by atoms with Gasteiger partial charge in [0.2, 0.25) is 0 Å². The Morgan fingerprint density at radius 1 is 0.812 bits per heavy atom. The Labute approximate surface area is 189 Å². The van der Waals surface area contributed by atoms with Crippen LogP contribution >= 0.6 is 0 Å². The normalized spacial score (nSPS) is 14.7. The lowest BCUT2D eigenvalue weighted by Crippen LogP contribution is -2.41. The molecule has 0 bridgehead atoms. The van der Waals surface area contributed by atoms with Crippen molar-refractivity contribution in [3.05, 3.63) is 102 Å². The van der Waals surface area contributed by atoms with Crippen molar-refractivity contribution in [2.45, 2.75) is 45.4 Å². The topological polar surface area (TPSA) is 8.81 Å². The quantitative estimate of drug-likeness (QED) is 0.210. The van der Waals surface area contributed by atoms with Gasteiger partial charge in [0.25, 0.3) is 6.33 Å².